The fourth-order valence-electron chi connectivity index (χ4n) is 0.950. The molecule has 1 aromatic carbocycles. The number of aryl methyl sites for hydroxylation is 2. The van der Waals surface area contributed by atoms with Gasteiger partial charge in [-0.15, -0.1) is 0 Å². The molecule has 0 N–H and O–H groups in total. The summed E-state index contributed by atoms with van der Waals surface area (Å²) < 4.78 is 1.30. The van der Waals surface area contributed by atoms with Gasteiger partial charge in [-0.25, -0.2) is 0 Å². The molecule has 0 heterocycles. The van der Waals surface area contributed by atoms with Crippen LogP contribution in [0.3, 0.4) is 0 Å². The van der Waals surface area contributed by atoms with E-state index in [0.29, 0.717) is 0 Å². The average Bonchev–Trinajstić information content (AvgIpc) is 1.88. The number of hydrogen-bond donors (Lipinski definition) is 0. The molecule has 0 radical (unpaired) electrons. The van der Waals surface area contributed by atoms with Crippen LogP contribution in [0.15, 0.2) is 18.2 Å². The van der Waals surface area contributed by atoms with E-state index in [1.807, 2.05) is 0 Å². The number of hydrogen-bond acceptors (Lipinski definition) is 0. The maximum absolute atomic E-state index is 3.78. The minimum absolute atomic E-state index is 1.30. The Labute approximate surface area is 68.0 Å². The number of rotatable bonds is 1. The van der Waals surface area contributed by atoms with Gasteiger partial charge in [-0.2, -0.15) is 0 Å². The number of benzene rings is 1. The summed E-state index contributed by atoms with van der Waals surface area (Å²) in [6.07, 6.45) is 0. The van der Waals surface area contributed by atoms with E-state index in [9.17, 15) is 0 Å². The predicted molar refractivity (Wildman–Crippen MR) is 42.7 cm³/mol. The fourth-order valence-corrected chi connectivity index (χ4v) is 1.63. The van der Waals surface area contributed by atoms with Crippen LogP contribution >= 0.6 is 0 Å². The second-order valence-corrected chi connectivity index (χ2v) is 3.08. The van der Waals surface area contributed by atoms with Gasteiger partial charge in [-0.05, 0) is 0 Å². The molecule has 0 fully saturated rings. The monoisotopic (exact) mass is 182 g/mol. The first-order valence-corrected chi connectivity index (χ1v) is 4.24. The third-order valence-electron chi connectivity index (χ3n) is 1.43. The van der Waals surface area contributed by atoms with Crippen molar-refractivity contribution in [2.24, 2.45) is 0 Å². The molecule has 0 bridgehead atoms. The topological polar surface area (TPSA) is 0 Å². The van der Waals surface area contributed by atoms with Gasteiger partial charge in [0, 0.05) is 0 Å². The van der Waals surface area contributed by atoms with Crippen LogP contribution in [0.5, 0.6) is 0 Å². The average molecular weight is 183 g/mol. The fraction of sp³-hybridized carbons (Fsp3) is 0.222. The van der Waals surface area contributed by atoms with Gasteiger partial charge in [-0.3, -0.25) is 0 Å². The van der Waals surface area contributed by atoms with Gasteiger partial charge in [-0.1, -0.05) is 0 Å². The van der Waals surface area contributed by atoms with Crippen molar-refractivity contribution in [2.75, 3.05) is 0 Å². The van der Waals surface area contributed by atoms with Crippen molar-refractivity contribution in [2.45, 2.75) is 13.8 Å². The predicted octanol–water partition coefficient (Wildman–Crippen LogP) is 1.44. The van der Waals surface area contributed by atoms with Gasteiger partial charge in [0.05, 0.1) is 0 Å². The van der Waals surface area contributed by atoms with Crippen molar-refractivity contribution in [3.8, 4) is 0 Å². The van der Waals surface area contributed by atoms with Crippen LogP contribution in [-0.4, -0.2) is 5.42 Å². The van der Waals surface area contributed by atoms with E-state index in [-0.39, 0.29) is 0 Å². The molecule has 1 rings (SSSR count). The van der Waals surface area contributed by atoms with E-state index < -0.39 is 0 Å². The molecular weight excluding hydrogens is 172 g/mol. The molecule has 58 valence electrons. The van der Waals surface area contributed by atoms with Crippen LogP contribution in [0.4, 0.5) is 0 Å². The Kier molecular flexibility index (Phi) is 2.42. The molecule has 10 heavy (non-hydrogen) atoms. The normalized spacial score (nSPS) is 10.2. The summed E-state index contributed by atoms with van der Waals surface area (Å²) in [5.41, 5.74) is 6.41. The molecule has 0 aliphatic rings. The van der Waals surface area contributed by atoms with E-state index in [0.717, 1.165) is 0 Å². The quantitative estimate of drug-likeness (QED) is 0.577. The second-order valence-electron chi connectivity index (χ2n) is 2.27. The van der Waals surface area contributed by atoms with E-state index in [2.05, 4.69) is 37.5 Å². The van der Waals surface area contributed by atoms with Crippen molar-refractivity contribution in [1.29, 1.82) is 0 Å². The van der Waals surface area contributed by atoms with E-state index in [1.165, 1.54) is 15.6 Å². The summed E-state index contributed by atoms with van der Waals surface area (Å²) in [5, 5.41) is 0. The Hall–Kier alpha value is -0.391. The molecule has 0 atom stereocenters. The first-order chi connectivity index (χ1) is 4.75. The van der Waals surface area contributed by atoms with Crippen LogP contribution in [0.25, 0.3) is 0 Å². The first kappa shape index (κ1) is 7.71. The third-order valence-corrected chi connectivity index (χ3v) is 2.51. The van der Waals surface area contributed by atoms with E-state index in [1.54, 1.807) is 14.5 Å². The SMILES string of the molecule is [CH2]=[Cu][c]1c(C)cccc1C. The van der Waals surface area contributed by atoms with Gasteiger partial charge in [0.15, 0.2) is 0 Å². The molecule has 0 unspecified atom stereocenters. The van der Waals surface area contributed by atoms with Gasteiger partial charge < -0.3 is 0 Å². The van der Waals surface area contributed by atoms with Crippen LogP contribution in [0.1, 0.15) is 11.1 Å². The second kappa shape index (κ2) is 3.14. The summed E-state index contributed by atoms with van der Waals surface area (Å²) in [6, 6.07) is 6.29. The summed E-state index contributed by atoms with van der Waals surface area (Å²) in [6.45, 7) is 4.22. The summed E-state index contributed by atoms with van der Waals surface area (Å²) >= 11 is 1.66. The van der Waals surface area contributed by atoms with Crippen LogP contribution < -0.4 is 4.46 Å². The van der Waals surface area contributed by atoms with Crippen molar-refractivity contribution in [3.05, 3.63) is 29.3 Å². The van der Waals surface area contributed by atoms with Crippen molar-refractivity contribution in [3.63, 3.8) is 0 Å². The van der Waals surface area contributed by atoms with Gasteiger partial charge >= 0.3 is 67.6 Å². The maximum atomic E-state index is 3.78. The molecule has 0 amide bonds. The Morgan fingerprint density at radius 1 is 1.20 bits per heavy atom. The molecule has 1 heteroatoms. The molecule has 0 aromatic heterocycles. The Morgan fingerprint density at radius 3 is 2.00 bits per heavy atom. The molecule has 0 aliphatic heterocycles. The van der Waals surface area contributed by atoms with E-state index in [4.69, 9.17) is 0 Å². The zero-order valence-corrected chi connectivity index (χ0v) is 7.18. The van der Waals surface area contributed by atoms with E-state index >= 15 is 0 Å². The molecule has 0 saturated carbocycles. The van der Waals surface area contributed by atoms with Crippen LogP contribution in [-0.2, 0) is 14.5 Å². The molecule has 0 nitrogen and oxygen atoms in total. The molecule has 1 aromatic rings. The Balaban J connectivity index is 3.30. The van der Waals surface area contributed by atoms with Crippen molar-refractivity contribution < 1.29 is 14.5 Å². The minimum atomic E-state index is 1.30. The third kappa shape index (κ3) is 1.36. The zero-order valence-electron chi connectivity index (χ0n) is 6.24. The summed E-state index contributed by atoms with van der Waals surface area (Å²) in [5.74, 6) is 0. The Morgan fingerprint density at radius 2 is 1.70 bits per heavy atom. The van der Waals surface area contributed by atoms with Gasteiger partial charge in [0.25, 0.3) is 0 Å². The molecule has 0 spiro atoms. The van der Waals surface area contributed by atoms with Crippen LogP contribution in [0.2, 0.25) is 0 Å². The zero-order chi connectivity index (χ0) is 7.56. The molecular formula is C9H11Cu. The summed E-state index contributed by atoms with van der Waals surface area (Å²) in [4.78, 5) is 0. The molecule has 0 aliphatic carbocycles. The first-order valence-electron chi connectivity index (χ1n) is 3.11. The van der Waals surface area contributed by atoms with Crippen molar-refractivity contribution in [1.82, 2.24) is 0 Å². The van der Waals surface area contributed by atoms with Gasteiger partial charge in [0.2, 0.25) is 0 Å². The van der Waals surface area contributed by atoms with Gasteiger partial charge in [0.1, 0.15) is 0 Å². The Bertz CT molecular complexity index is 231. The van der Waals surface area contributed by atoms with Crippen molar-refractivity contribution >= 4 is 9.89 Å². The van der Waals surface area contributed by atoms with Crippen LogP contribution in [0, 0.1) is 13.8 Å². The standard InChI is InChI=1S/C8H9.CH2.Cu/c1-7-4-3-5-8(2)6-7;;/h3-5H,1-2H3;1H2;. The summed E-state index contributed by atoms with van der Waals surface area (Å²) in [7, 11) is 0. The molecule has 0 saturated heterocycles.